The molecule has 0 bridgehead atoms. The van der Waals surface area contributed by atoms with Gasteiger partial charge in [0.1, 0.15) is 0 Å². The fourth-order valence-corrected chi connectivity index (χ4v) is 2.26. The molecule has 0 saturated heterocycles. The Hall–Kier alpha value is -2.25. The molecule has 2 aromatic rings. The highest BCUT2D eigenvalue weighted by atomic mass is 32.2. The second-order valence-electron chi connectivity index (χ2n) is 4.40. The van der Waals surface area contributed by atoms with E-state index in [1.165, 1.54) is 24.3 Å². The summed E-state index contributed by atoms with van der Waals surface area (Å²) in [5.74, 6) is -0.271. The average Bonchev–Trinajstić information content (AvgIpc) is 2.47. The zero-order valence-corrected chi connectivity index (χ0v) is 12.0. The first kappa shape index (κ1) is 15.1. The van der Waals surface area contributed by atoms with Gasteiger partial charge in [0.15, 0.2) is 0 Å². The number of nitrogens with two attached hydrogens (primary N) is 1. The van der Waals surface area contributed by atoms with Gasteiger partial charge >= 0.3 is 0 Å². The summed E-state index contributed by atoms with van der Waals surface area (Å²) in [6.45, 7) is 0.451. The fraction of sp³-hybridized carbons (Fsp3) is 0.143. The molecule has 2 rings (SSSR count). The van der Waals surface area contributed by atoms with Crippen LogP contribution in [-0.4, -0.2) is 25.9 Å². The Morgan fingerprint density at radius 1 is 1.14 bits per heavy atom. The summed E-state index contributed by atoms with van der Waals surface area (Å²) >= 11 is 0. The maximum atomic E-state index is 11.9. The third-order valence-electron chi connectivity index (χ3n) is 2.84. The first-order valence-corrected chi connectivity index (χ1v) is 7.82. The van der Waals surface area contributed by atoms with Crippen molar-refractivity contribution in [3.8, 4) is 0 Å². The Morgan fingerprint density at radius 2 is 1.86 bits per heavy atom. The third kappa shape index (κ3) is 4.37. The summed E-state index contributed by atoms with van der Waals surface area (Å²) in [6.07, 6.45) is 2.32. The van der Waals surface area contributed by atoms with Crippen LogP contribution in [0.2, 0.25) is 0 Å². The van der Waals surface area contributed by atoms with Gasteiger partial charge in [-0.05, 0) is 36.4 Å². The molecule has 0 unspecified atom stereocenters. The Labute approximate surface area is 123 Å². The summed E-state index contributed by atoms with van der Waals surface area (Å²) in [7, 11) is -3.74. The van der Waals surface area contributed by atoms with Crippen LogP contribution in [0, 0.1) is 0 Å². The van der Waals surface area contributed by atoms with Crippen molar-refractivity contribution < 1.29 is 13.2 Å². The Morgan fingerprint density at radius 3 is 2.43 bits per heavy atom. The number of nitrogens with zero attached hydrogens (tertiary/aromatic N) is 1. The number of rotatable bonds is 5. The molecule has 1 aromatic heterocycles. The van der Waals surface area contributed by atoms with Crippen LogP contribution in [0.1, 0.15) is 16.1 Å². The minimum atomic E-state index is -3.74. The van der Waals surface area contributed by atoms with E-state index in [0.29, 0.717) is 18.5 Å². The smallest absolute Gasteiger partial charge is 0.251 e. The number of primary sulfonamides is 1. The van der Waals surface area contributed by atoms with Gasteiger partial charge in [-0.1, -0.05) is 6.07 Å². The van der Waals surface area contributed by atoms with Gasteiger partial charge < -0.3 is 5.32 Å². The summed E-state index contributed by atoms with van der Waals surface area (Å²) in [4.78, 5) is 16.0. The minimum absolute atomic E-state index is 0.0208. The van der Waals surface area contributed by atoms with Crippen molar-refractivity contribution in [1.29, 1.82) is 0 Å². The molecule has 1 heterocycles. The molecule has 0 aliphatic rings. The van der Waals surface area contributed by atoms with Crippen LogP contribution in [0.4, 0.5) is 0 Å². The number of pyridine rings is 1. The van der Waals surface area contributed by atoms with Gasteiger partial charge in [0.05, 0.1) is 4.90 Å². The van der Waals surface area contributed by atoms with Crippen LogP contribution in [0.15, 0.2) is 53.6 Å². The standard InChI is InChI=1S/C14H15N3O3S/c15-21(19,20)13-6-4-11(5-7-13)14(18)17-10-8-12-3-1-2-9-16-12/h1-7,9H,8,10H2,(H,17,18)(H2,15,19,20). The molecule has 21 heavy (non-hydrogen) atoms. The molecular weight excluding hydrogens is 290 g/mol. The van der Waals surface area contributed by atoms with E-state index < -0.39 is 10.0 Å². The molecule has 6 nitrogen and oxygen atoms in total. The van der Waals surface area contributed by atoms with Crippen LogP contribution in [0.3, 0.4) is 0 Å². The van der Waals surface area contributed by atoms with Crippen molar-refractivity contribution in [3.05, 3.63) is 59.9 Å². The first-order chi connectivity index (χ1) is 9.97. The van der Waals surface area contributed by atoms with Gasteiger partial charge in [-0.15, -0.1) is 0 Å². The van der Waals surface area contributed by atoms with E-state index in [4.69, 9.17) is 5.14 Å². The van der Waals surface area contributed by atoms with Gasteiger partial charge in [-0.3, -0.25) is 9.78 Å². The quantitative estimate of drug-likeness (QED) is 0.849. The maximum Gasteiger partial charge on any atom is 0.251 e. The predicted molar refractivity (Wildman–Crippen MR) is 78.1 cm³/mol. The highest BCUT2D eigenvalue weighted by Crippen LogP contribution is 2.08. The lowest BCUT2D eigenvalue weighted by Crippen LogP contribution is -2.26. The van der Waals surface area contributed by atoms with E-state index in [0.717, 1.165) is 5.69 Å². The molecule has 0 radical (unpaired) electrons. The van der Waals surface area contributed by atoms with Crippen molar-refractivity contribution in [2.24, 2.45) is 5.14 Å². The predicted octanol–water partition coefficient (Wildman–Crippen LogP) is 0.701. The molecule has 0 atom stereocenters. The van der Waals surface area contributed by atoms with E-state index >= 15 is 0 Å². The van der Waals surface area contributed by atoms with Crippen molar-refractivity contribution in [2.75, 3.05) is 6.54 Å². The normalized spacial score (nSPS) is 11.1. The number of carbonyl (C=O) groups excluding carboxylic acids is 1. The second-order valence-corrected chi connectivity index (χ2v) is 5.96. The zero-order chi connectivity index (χ0) is 15.3. The number of hydrogen-bond acceptors (Lipinski definition) is 4. The topological polar surface area (TPSA) is 102 Å². The van der Waals surface area contributed by atoms with E-state index in [2.05, 4.69) is 10.3 Å². The van der Waals surface area contributed by atoms with Gasteiger partial charge in [0.2, 0.25) is 10.0 Å². The van der Waals surface area contributed by atoms with Crippen LogP contribution in [-0.2, 0) is 16.4 Å². The Bertz CT molecular complexity index is 713. The number of hydrogen-bond donors (Lipinski definition) is 2. The fourth-order valence-electron chi connectivity index (χ4n) is 1.75. The molecule has 1 aromatic carbocycles. The van der Waals surface area contributed by atoms with Crippen molar-refractivity contribution in [1.82, 2.24) is 10.3 Å². The number of nitrogens with one attached hydrogen (secondary N) is 1. The van der Waals surface area contributed by atoms with Crippen LogP contribution in [0.25, 0.3) is 0 Å². The number of benzene rings is 1. The van der Waals surface area contributed by atoms with E-state index in [9.17, 15) is 13.2 Å². The number of amides is 1. The monoisotopic (exact) mass is 305 g/mol. The molecular formula is C14H15N3O3S. The summed E-state index contributed by atoms with van der Waals surface area (Å²) < 4.78 is 22.2. The van der Waals surface area contributed by atoms with Crippen LogP contribution >= 0.6 is 0 Å². The highest BCUT2D eigenvalue weighted by Gasteiger charge is 2.09. The van der Waals surface area contributed by atoms with E-state index in [1.54, 1.807) is 6.20 Å². The molecule has 7 heteroatoms. The van der Waals surface area contributed by atoms with Gasteiger partial charge in [0.25, 0.3) is 5.91 Å². The SMILES string of the molecule is NS(=O)(=O)c1ccc(C(=O)NCCc2ccccn2)cc1. The first-order valence-electron chi connectivity index (χ1n) is 6.28. The average molecular weight is 305 g/mol. The molecule has 0 aliphatic heterocycles. The molecule has 110 valence electrons. The Kier molecular flexibility index (Phi) is 4.66. The lowest BCUT2D eigenvalue weighted by molar-refractivity contribution is 0.0954. The van der Waals surface area contributed by atoms with Crippen LogP contribution in [0.5, 0.6) is 0 Å². The maximum absolute atomic E-state index is 11.9. The molecule has 0 fully saturated rings. The van der Waals surface area contributed by atoms with Gasteiger partial charge in [0, 0.05) is 30.4 Å². The van der Waals surface area contributed by atoms with Gasteiger partial charge in [-0.25, -0.2) is 13.6 Å². The van der Waals surface area contributed by atoms with Crippen LogP contribution < -0.4 is 10.5 Å². The molecule has 0 aliphatic carbocycles. The Balaban J connectivity index is 1.92. The third-order valence-corrected chi connectivity index (χ3v) is 3.77. The number of sulfonamides is 1. The van der Waals surface area contributed by atoms with E-state index in [1.807, 2.05) is 18.2 Å². The van der Waals surface area contributed by atoms with Crippen molar-refractivity contribution in [3.63, 3.8) is 0 Å². The highest BCUT2D eigenvalue weighted by molar-refractivity contribution is 7.89. The molecule has 0 spiro atoms. The van der Waals surface area contributed by atoms with Crippen molar-refractivity contribution in [2.45, 2.75) is 11.3 Å². The van der Waals surface area contributed by atoms with Crippen molar-refractivity contribution >= 4 is 15.9 Å². The second kappa shape index (κ2) is 6.47. The summed E-state index contributed by atoms with van der Waals surface area (Å²) in [6, 6.07) is 11.1. The largest absolute Gasteiger partial charge is 0.352 e. The molecule has 0 saturated carbocycles. The minimum Gasteiger partial charge on any atom is -0.352 e. The van der Waals surface area contributed by atoms with E-state index in [-0.39, 0.29) is 10.8 Å². The number of aromatic nitrogens is 1. The zero-order valence-electron chi connectivity index (χ0n) is 11.2. The summed E-state index contributed by atoms with van der Waals surface area (Å²) in [5.41, 5.74) is 1.27. The van der Waals surface area contributed by atoms with Gasteiger partial charge in [-0.2, -0.15) is 0 Å². The molecule has 1 amide bonds. The lowest BCUT2D eigenvalue weighted by Gasteiger charge is -2.05. The molecule has 3 N–H and O–H groups in total. The lowest BCUT2D eigenvalue weighted by atomic mass is 10.2. The summed E-state index contributed by atoms with van der Waals surface area (Å²) in [5, 5.41) is 7.74. The number of carbonyl (C=O) groups is 1.